The van der Waals surface area contributed by atoms with E-state index in [0.29, 0.717) is 23.9 Å². The minimum Gasteiger partial charge on any atom is -0.453 e. The van der Waals surface area contributed by atoms with Gasteiger partial charge in [0, 0.05) is 30.9 Å². The molecule has 1 aromatic rings. The van der Waals surface area contributed by atoms with Crippen molar-refractivity contribution in [3.63, 3.8) is 0 Å². The van der Waals surface area contributed by atoms with Crippen molar-refractivity contribution in [3.05, 3.63) is 24.3 Å². The van der Waals surface area contributed by atoms with Crippen molar-refractivity contribution >= 4 is 23.3 Å². The molecule has 1 heterocycles. The van der Waals surface area contributed by atoms with E-state index in [4.69, 9.17) is 9.47 Å². The standard InChI is InChI=1S/C22H30N2O4/c1-15(28-21(25)14-18-13-16-2-3-17(18)12-16)22(26)23-19-4-6-20(7-5-19)24-8-10-27-11-9-24/h4-7,15-18H,2-3,8-14H2,1H3,(H,23,26)/t15-,16+,17+,18-/m1/s1. The van der Waals surface area contributed by atoms with Crippen LogP contribution in [0.1, 0.15) is 39.0 Å². The highest BCUT2D eigenvalue weighted by Crippen LogP contribution is 2.49. The van der Waals surface area contributed by atoms with Gasteiger partial charge in [0.1, 0.15) is 0 Å². The maximum absolute atomic E-state index is 12.4. The van der Waals surface area contributed by atoms with Crippen molar-refractivity contribution in [1.82, 2.24) is 0 Å². The van der Waals surface area contributed by atoms with E-state index in [2.05, 4.69) is 10.2 Å². The Morgan fingerprint density at radius 3 is 2.57 bits per heavy atom. The zero-order chi connectivity index (χ0) is 19.5. The van der Waals surface area contributed by atoms with Gasteiger partial charge in [0.25, 0.3) is 5.91 Å². The van der Waals surface area contributed by atoms with Gasteiger partial charge in [0.05, 0.1) is 13.2 Å². The number of morpholine rings is 1. The second-order valence-electron chi connectivity index (χ2n) is 8.41. The number of rotatable bonds is 6. The number of hydrogen-bond acceptors (Lipinski definition) is 5. The number of esters is 1. The Morgan fingerprint density at radius 1 is 1.18 bits per heavy atom. The Labute approximate surface area is 166 Å². The van der Waals surface area contributed by atoms with Crippen LogP contribution in [0, 0.1) is 17.8 Å². The quantitative estimate of drug-likeness (QED) is 0.761. The van der Waals surface area contributed by atoms with Gasteiger partial charge in [-0.15, -0.1) is 0 Å². The number of anilines is 2. The number of nitrogens with zero attached hydrogens (tertiary/aromatic N) is 1. The molecular formula is C22H30N2O4. The van der Waals surface area contributed by atoms with Gasteiger partial charge in [-0.2, -0.15) is 0 Å². The number of ether oxygens (including phenoxy) is 2. The predicted octanol–water partition coefficient (Wildman–Crippen LogP) is 3.22. The molecule has 0 spiro atoms. The predicted molar refractivity (Wildman–Crippen MR) is 107 cm³/mol. The smallest absolute Gasteiger partial charge is 0.306 e. The molecule has 1 saturated heterocycles. The van der Waals surface area contributed by atoms with Gasteiger partial charge in [-0.3, -0.25) is 9.59 Å². The molecule has 152 valence electrons. The molecule has 1 aromatic carbocycles. The van der Waals surface area contributed by atoms with Gasteiger partial charge >= 0.3 is 5.97 Å². The number of carbonyl (C=O) groups excluding carboxylic acids is 2. The summed E-state index contributed by atoms with van der Waals surface area (Å²) in [6, 6.07) is 7.75. The zero-order valence-electron chi connectivity index (χ0n) is 16.6. The first-order valence-corrected chi connectivity index (χ1v) is 10.5. The minimum atomic E-state index is -0.787. The van der Waals surface area contributed by atoms with E-state index in [1.54, 1.807) is 6.92 Å². The van der Waals surface area contributed by atoms with Gasteiger partial charge in [-0.25, -0.2) is 0 Å². The lowest BCUT2D eigenvalue weighted by Crippen LogP contribution is -2.36. The average molecular weight is 386 g/mol. The van der Waals surface area contributed by atoms with Gasteiger partial charge in [-0.05, 0) is 68.2 Å². The van der Waals surface area contributed by atoms with Crippen LogP contribution in [0.3, 0.4) is 0 Å². The molecule has 0 aromatic heterocycles. The molecule has 4 rings (SSSR count). The lowest BCUT2D eigenvalue weighted by atomic mass is 9.86. The molecule has 3 fully saturated rings. The third-order valence-corrected chi connectivity index (χ3v) is 6.50. The maximum Gasteiger partial charge on any atom is 0.306 e. The van der Waals surface area contributed by atoms with E-state index in [9.17, 15) is 9.59 Å². The SMILES string of the molecule is C[C@@H](OC(=O)C[C@H]1C[C@H]2CC[C@H]1C2)C(=O)Nc1ccc(N2CCOCC2)cc1. The summed E-state index contributed by atoms with van der Waals surface area (Å²) in [6.45, 7) is 4.87. The summed E-state index contributed by atoms with van der Waals surface area (Å²) in [4.78, 5) is 26.9. The topological polar surface area (TPSA) is 67.9 Å². The molecule has 2 saturated carbocycles. The van der Waals surface area contributed by atoms with Crippen LogP contribution < -0.4 is 10.2 Å². The highest BCUT2D eigenvalue weighted by atomic mass is 16.5. The summed E-state index contributed by atoms with van der Waals surface area (Å²) in [6.07, 6.45) is 4.65. The summed E-state index contributed by atoms with van der Waals surface area (Å²) in [7, 11) is 0. The second-order valence-corrected chi connectivity index (χ2v) is 8.41. The number of nitrogens with one attached hydrogen (secondary N) is 1. The van der Waals surface area contributed by atoms with Gasteiger partial charge in [-0.1, -0.05) is 6.42 Å². The number of fused-ring (bicyclic) bond motifs is 2. The molecular weight excluding hydrogens is 356 g/mol. The highest BCUT2D eigenvalue weighted by Gasteiger charge is 2.40. The molecule has 1 amide bonds. The summed E-state index contributed by atoms with van der Waals surface area (Å²) in [5.74, 6) is 1.41. The molecule has 2 bridgehead atoms. The molecule has 2 aliphatic carbocycles. The lowest BCUT2D eigenvalue weighted by molar-refractivity contribution is -0.154. The Kier molecular flexibility index (Phi) is 5.85. The Balaban J connectivity index is 1.24. The highest BCUT2D eigenvalue weighted by molar-refractivity contribution is 5.95. The fourth-order valence-corrected chi connectivity index (χ4v) is 4.96. The normalized spacial score (nSPS) is 27.5. The first kappa shape index (κ1) is 19.2. The average Bonchev–Trinajstić information content (AvgIpc) is 3.32. The molecule has 0 unspecified atom stereocenters. The first-order chi connectivity index (χ1) is 13.6. The molecule has 0 radical (unpaired) electrons. The third kappa shape index (κ3) is 4.49. The van der Waals surface area contributed by atoms with Gasteiger partial charge < -0.3 is 19.7 Å². The first-order valence-electron chi connectivity index (χ1n) is 10.5. The van der Waals surface area contributed by atoms with Crippen LogP contribution >= 0.6 is 0 Å². The number of benzene rings is 1. The van der Waals surface area contributed by atoms with Crippen molar-refractivity contribution in [2.24, 2.45) is 17.8 Å². The summed E-state index contributed by atoms with van der Waals surface area (Å²) >= 11 is 0. The van der Waals surface area contributed by atoms with Crippen molar-refractivity contribution in [2.45, 2.75) is 45.1 Å². The van der Waals surface area contributed by atoms with Crippen molar-refractivity contribution in [2.75, 3.05) is 36.5 Å². The van der Waals surface area contributed by atoms with Crippen LogP contribution in [0.4, 0.5) is 11.4 Å². The Hall–Kier alpha value is -2.08. The molecule has 28 heavy (non-hydrogen) atoms. The molecule has 6 heteroatoms. The molecule has 6 nitrogen and oxygen atoms in total. The van der Waals surface area contributed by atoms with Crippen molar-refractivity contribution < 1.29 is 19.1 Å². The van der Waals surface area contributed by atoms with Crippen LogP contribution in [-0.2, 0) is 19.1 Å². The van der Waals surface area contributed by atoms with E-state index in [0.717, 1.165) is 44.3 Å². The second kappa shape index (κ2) is 8.52. The fourth-order valence-electron chi connectivity index (χ4n) is 4.96. The van der Waals surface area contributed by atoms with Crippen LogP contribution in [0.5, 0.6) is 0 Å². The molecule has 1 aliphatic heterocycles. The number of carbonyl (C=O) groups is 2. The van der Waals surface area contributed by atoms with E-state index in [1.807, 2.05) is 24.3 Å². The Bertz CT molecular complexity index is 699. The maximum atomic E-state index is 12.4. The zero-order valence-corrected chi connectivity index (χ0v) is 16.6. The number of amides is 1. The third-order valence-electron chi connectivity index (χ3n) is 6.50. The summed E-state index contributed by atoms with van der Waals surface area (Å²) in [5, 5.41) is 2.84. The molecule has 4 atom stereocenters. The van der Waals surface area contributed by atoms with Crippen molar-refractivity contribution in [3.8, 4) is 0 Å². The van der Waals surface area contributed by atoms with E-state index < -0.39 is 6.10 Å². The lowest BCUT2D eigenvalue weighted by Gasteiger charge is -2.29. The monoisotopic (exact) mass is 386 g/mol. The largest absolute Gasteiger partial charge is 0.453 e. The van der Waals surface area contributed by atoms with Crippen LogP contribution in [0.25, 0.3) is 0 Å². The molecule has 1 N–H and O–H groups in total. The van der Waals surface area contributed by atoms with Gasteiger partial charge in [0.2, 0.25) is 0 Å². The van der Waals surface area contributed by atoms with Crippen LogP contribution in [-0.4, -0.2) is 44.3 Å². The molecule has 3 aliphatic rings. The minimum absolute atomic E-state index is 0.247. The van der Waals surface area contributed by atoms with Gasteiger partial charge in [0.15, 0.2) is 6.10 Å². The summed E-state index contributed by atoms with van der Waals surface area (Å²) < 4.78 is 10.8. The number of hydrogen-bond donors (Lipinski definition) is 1. The van der Waals surface area contributed by atoms with Crippen LogP contribution in [0.15, 0.2) is 24.3 Å². The van der Waals surface area contributed by atoms with E-state index in [1.165, 1.54) is 19.3 Å². The fraction of sp³-hybridized carbons (Fsp3) is 0.636. The Morgan fingerprint density at radius 2 is 1.93 bits per heavy atom. The summed E-state index contributed by atoms with van der Waals surface area (Å²) in [5.41, 5.74) is 1.82. The van der Waals surface area contributed by atoms with Crippen LogP contribution in [0.2, 0.25) is 0 Å². The van der Waals surface area contributed by atoms with Crippen molar-refractivity contribution in [1.29, 1.82) is 0 Å². The van der Waals surface area contributed by atoms with E-state index in [-0.39, 0.29) is 11.9 Å². The van der Waals surface area contributed by atoms with E-state index >= 15 is 0 Å².